The van der Waals surface area contributed by atoms with Crippen molar-refractivity contribution in [1.29, 1.82) is 0 Å². The average Bonchev–Trinajstić information content (AvgIpc) is 3.39. The Hall–Kier alpha value is -3.06. The summed E-state index contributed by atoms with van der Waals surface area (Å²) in [6.45, 7) is 2.67. The summed E-state index contributed by atoms with van der Waals surface area (Å²) in [7, 11) is 0. The van der Waals surface area contributed by atoms with E-state index in [1.807, 2.05) is 27.7 Å². The Kier molecular flexibility index (Phi) is 5.67. The fourth-order valence-corrected chi connectivity index (χ4v) is 3.60. The first-order chi connectivity index (χ1) is 14.1. The molecular weight excluding hydrogens is 390 g/mol. The molecule has 0 atom stereocenters. The summed E-state index contributed by atoms with van der Waals surface area (Å²) in [5.41, 5.74) is 3.06. The zero-order valence-corrected chi connectivity index (χ0v) is 16.7. The van der Waals surface area contributed by atoms with Crippen molar-refractivity contribution in [3.05, 3.63) is 59.4 Å². The van der Waals surface area contributed by atoms with Crippen LogP contribution in [0.15, 0.2) is 48.8 Å². The monoisotopic (exact) mass is 411 g/mol. The minimum Gasteiger partial charge on any atom is -0.339 e. The number of rotatable bonds is 5. The van der Waals surface area contributed by atoms with Crippen LogP contribution in [-0.2, 0) is 6.54 Å². The highest BCUT2D eigenvalue weighted by Gasteiger charge is 2.20. The Morgan fingerprint density at radius 2 is 1.83 bits per heavy atom. The van der Waals surface area contributed by atoms with E-state index in [-0.39, 0.29) is 11.9 Å². The Morgan fingerprint density at radius 1 is 1.07 bits per heavy atom. The van der Waals surface area contributed by atoms with Crippen molar-refractivity contribution in [1.82, 2.24) is 19.8 Å². The zero-order valence-electron chi connectivity index (χ0n) is 15.9. The van der Waals surface area contributed by atoms with Crippen molar-refractivity contribution >= 4 is 40.3 Å². The number of carbonyl (C=O) groups excluding carboxylic acids is 2. The summed E-state index contributed by atoms with van der Waals surface area (Å²) in [4.78, 5) is 30.9. The van der Waals surface area contributed by atoms with E-state index < -0.39 is 0 Å². The second kappa shape index (κ2) is 8.53. The predicted molar refractivity (Wildman–Crippen MR) is 113 cm³/mol. The highest BCUT2D eigenvalue weighted by molar-refractivity contribution is 6.30. The van der Waals surface area contributed by atoms with Crippen molar-refractivity contribution in [3.63, 3.8) is 0 Å². The van der Waals surface area contributed by atoms with Crippen LogP contribution in [0.1, 0.15) is 23.2 Å². The van der Waals surface area contributed by atoms with Gasteiger partial charge in [0.05, 0.1) is 17.4 Å². The van der Waals surface area contributed by atoms with E-state index in [0.29, 0.717) is 29.4 Å². The van der Waals surface area contributed by atoms with E-state index in [9.17, 15) is 9.59 Å². The van der Waals surface area contributed by atoms with Crippen LogP contribution in [0.5, 0.6) is 0 Å². The van der Waals surface area contributed by atoms with Crippen LogP contribution in [0.25, 0.3) is 11.0 Å². The van der Waals surface area contributed by atoms with E-state index >= 15 is 0 Å². The number of amides is 3. The number of imidazole rings is 1. The number of fused-ring (bicyclic) bond motifs is 1. The zero-order chi connectivity index (χ0) is 20.2. The van der Waals surface area contributed by atoms with Gasteiger partial charge in [-0.1, -0.05) is 11.6 Å². The third-order valence-corrected chi connectivity index (χ3v) is 5.25. The molecule has 8 heteroatoms. The second-order valence-electron chi connectivity index (χ2n) is 7.03. The van der Waals surface area contributed by atoms with Crippen molar-refractivity contribution in [2.45, 2.75) is 19.4 Å². The predicted octanol–water partition coefficient (Wildman–Crippen LogP) is 3.75. The summed E-state index contributed by atoms with van der Waals surface area (Å²) in [6, 6.07) is 12.2. The first-order valence-electron chi connectivity index (χ1n) is 9.65. The highest BCUT2D eigenvalue weighted by atomic mass is 35.5. The normalized spacial score (nSPS) is 13.6. The first kappa shape index (κ1) is 19.3. The molecule has 0 aliphatic carbocycles. The molecule has 2 N–H and O–H groups in total. The van der Waals surface area contributed by atoms with Gasteiger partial charge < -0.3 is 20.1 Å². The second-order valence-corrected chi connectivity index (χ2v) is 7.46. The molecule has 3 amide bonds. The Bertz CT molecular complexity index is 1030. The topological polar surface area (TPSA) is 79.3 Å². The van der Waals surface area contributed by atoms with E-state index in [1.165, 1.54) is 0 Å². The van der Waals surface area contributed by atoms with E-state index in [0.717, 1.165) is 37.0 Å². The molecule has 29 heavy (non-hydrogen) atoms. The molecule has 1 aliphatic rings. The number of likely N-dealkylation sites (tertiary alicyclic amines) is 1. The third-order valence-electron chi connectivity index (χ3n) is 5.00. The van der Waals surface area contributed by atoms with Gasteiger partial charge in [-0.05, 0) is 55.3 Å². The van der Waals surface area contributed by atoms with Gasteiger partial charge in [-0.25, -0.2) is 9.78 Å². The van der Waals surface area contributed by atoms with Crippen LogP contribution in [0, 0.1) is 0 Å². The number of hydrogen-bond donors (Lipinski definition) is 2. The summed E-state index contributed by atoms with van der Waals surface area (Å²) in [5.74, 6) is 0.0690. The lowest BCUT2D eigenvalue weighted by molar-refractivity contribution is 0.0793. The fraction of sp³-hybridized carbons (Fsp3) is 0.286. The third kappa shape index (κ3) is 4.51. The maximum Gasteiger partial charge on any atom is 0.319 e. The van der Waals surface area contributed by atoms with Gasteiger partial charge >= 0.3 is 6.03 Å². The van der Waals surface area contributed by atoms with Crippen LogP contribution < -0.4 is 10.6 Å². The molecule has 7 nitrogen and oxygen atoms in total. The van der Waals surface area contributed by atoms with Crippen LogP contribution in [0.4, 0.5) is 10.5 Å². The molecule has 0 bridgehead atoms. The molecule has 2 aromatic carbocycles. The molecule has 2 heterocycles. The van der Waals surface area contributed by atoms with Gasteiger partial charge in [0, 0.05) is 42.5 Å². The first-order valence-corrected chi connectivity index (χ1v) is 10.0. The lowest BCUT2D eigenvalue weighted by Crippen LogP contribution is -2.31. The Morgan fingerprint density at radius 3 is 2.59 bits per heavy atom. The number of hydrogen-bond acceptors (Lipinski definition) is 3. The average molecular weight is 412 g/mol. The molecule has 3 aromatic rings. The van der Waals surface area contributed by atoms with Crippen molar-refractivity contribution in [3.8, 4) is 0 Å². The number of nitrogens with zero attached hydrogens (tertiary/aromatic N) is 3. The molecule has 0 saturated carbocycles. The Labute approximate surface area is 173 Å². The summed E-state index contributed by atoms with van der Waals surface area (Å²) in [6.07, 6.45) is 3.87. The van der Waals surface area contributed by atoms with Crippen LogP contribution in [0.2, 0.25) is 5.02 Å². The largest absolute Gasteiger partial charge is 0.339 e. The van der Waals surface area contributed by atoms with E-state index in [4.69, 9.17) is 11.6 Å². The van der Waals surface area contributed by atoms with Gasteiger partial charge in [0.1, 0.15) is 0 Å². The van der Waals surface area contributed by atoms with E-state index in [1.54, 1.807) is 30.6 Å². The molecule has 1 aromatic heterocycles. The summed E-state index contributed by atoms with van der Waals surface area (Å²) >= 11 is 5.84. The number of urea groups is 1. The van der Waals surface area contributed by atoms with Crippen molar-refractivity contribution in [2.75, 3.05) is 25.0 Å². The van der Waals surface area contributed by atoms with Gasteiger partial charge in [0.2, 0.25) is 0 Å². The lowest BCUT2D eigenvalue weighted by atomic mass is 10.1. The summed E-state index contributed by atoms with van der Waals surface area (Å²) < 4.78 is 1.96. The van der Waals surface area contributed by atoms with Gasteiger partial charge in [-0.3, -0.25) is 4.79 Å². The van der Waals surface area contributed by atoms with E-state index in [2.05, 4.69) is 15.6 Å². The minimum atomic E-state index is -0.282. The maximum absolute atomic E-state index is 12.5. The van der Waals surface area contributed by atoms with Crippen molar-refractivity contribution < 1.29 is 9.59 Å². The van der Waals surface area contributed by atoms with Crippen molar-refractivity contribution in [2.24, 2.45) is 0 Å². The number of anilines is 1. The standard InChI is InChI=1S/C21H22ClN5O2/c22-16-4-6-17(7-5-16)25-21(29)23-9-12-27-14-24-18-13-15(3-8-19(18)27)20(28)26-10-1-2-11-26/h3-8,13-14H,1-2,9-12H2,(H2,23,25,29). The molecule has 0 unspecified atom stereocenters. The number of benzene rings is 2. The number of halogens is 1. The molecule has 1 fully saturated rings. The lowest BCUT2D eigenvalue weighted by Gasteiger charge is -2.15. The Balaban J connectivity index is 1.34. The quantitative estimate of drug-likeness (QED) is 0.671. The smallest absolute Gasteiger partial charge is 0.319 e. The van der Waals surface area contributed by atoms with Crippen LogP contribution in [0.3, 0.4) is 0 Å². The number of nitrogens with one attached hydrogen (secondary N) is 2. The van der Waals surface area contributed by atoms with Gasteiger partial charge in [-0.2, -0.15) is 0 Å². The summed E-state index contributed by atoms with van der Waals surface area (Å²) in [5, 5.41) is 6.20. The van der Waals surface area contributed by atoms with Crippen LogP contribution >= 0.6 is 11.6 Å². The van der Waals surface area contributed by atoms with Gasteiger partial charge in [0.15, 0.2) is 0 Å². The molecule has 150 valence electrons. The van der Waals surface area contributed by atoms with Gasteiger partial charge in [-0.15, -0.1) is 0 Å². The molecule has 1 saturated heterocycles. The molecule has 4 rings (SSSR count). The molecular formula is C21H22ClN5O2. The number of carbonyl (C=O) groups is 2. The number of aromatic nitrogens is 2. The minimum absolute atomic E-state index is 0.0690. The molecule has 0 spiro atoms. The SMILES string of the molecule is O=C(NCCn1cnc2cc(C(=O)N3CCCC3)ccc21)Nc1ccc(Cl)cc1. The fourth-order valence-electron chi connectivity index (χ4n) is 3.48. The highest BCUT2D eigenvalue weighted by Crippen LogP contribution is 2.18. The van der Waals surface area contributed by atoms with Crippen LogP contribution in [-0.4, -0.2) is 46.0 Å². The maximum atomic E-state index is 12.5. The molecule has 0 radical (unpaired) electrons. The van der Waals surface area contributed by atoms with Gasteiger partial charge in [0.25, 0.3) is 5.91 Å². The molecule has 1 aliphatic heterocycles.